The highest BCUT2D eigenvalue weighted by Gasteiger charge is 2.18. The van der Waals surface area contributed by atoms with Gasteiger partial charge in [0.15, 0.2) is 5.76 Å². The number of aromatic nitrogens is 2. The summed E-state index contributed by atoms with van der Waals surface area (Å²) in [6.07, 6.45) is 1.39. The Bertz CT molecular complexity index is 1110. The van der Waals surface area contributed by atoms with Gasteiger partial charge in [-0.05, 0) is 31.0 Å². The molecule has 0 spiro atoms. The van der Waals surface area contributed by atoms with Gasteiger partial charge in [-0.2, -0.15) is 4.98 Å². The van der Waals surface area contributed by atoms with E-state index in [1.54, 1.807) is 0 Å². The molecular formula is C22H21N3O3. The van der Waals surface area contributed by atoms with E-state index in [9.17, 15) is 4.79 Å². The van der Waals surface area contributed by atoms with Gasteiger partial charge in [0.25, 0.3) is 5.91 Å². The highest BCUT2D eigenvalue weighted by molar-refractivity contribution is 5.99. The number of hydrogen-bond donors (Lipinski definition) is 1. The summed E-state index contributed by atoms with van der Waals surface area (Å²) in [5, 5.41) is 7.83. The molecule has 4 aromatic rings. The van der Waals surface area contributed by atoms with Gasteiger partial charge >= 0.3 is 0 Å². The molecule has 6 nitrogen and oxygen atoms in total. The van der Waals surface area contributed by atoms with Gasteiger partial charge in [-0.15, -0.1) is 0 Å². The highest BCUT2D eigenvalue weighted by Crippen LogP contribution is 2.26. The lowest BCUT2D eigenvalue weighted by atomic mass is 10.1. The van der Waals surface area contributed by atoms with Gasteiger partial charge in [-0.25, -0.2) is 0 Å². The predicted octanol–water partition coefficient (Wildman–Crippen LogP) is 4.33. The number of benzene rings is 2. The molecule has 0 radical (unpaired) electrons. The molecule has 142 valence electrons. The highest BCUT2D eigenvalue weighted by atomic mass is 16.5. The molecule has 0 saturated carbocycles. The van der Waals surface area contributed by atoms with Crippen molar-refractivity contribution in [2.45, 2.75) is 26.7 Å². The summed E-state index contributed by atoms with van der Waals surface area (Å²) in [6, 6.07) is 15.6. The van der Waals surface area contributed by atoms with Gasteiger partial charge in [0.1, 0.15) is 5.58 Å². The van der Waals surface area contributed by atoms with Crippen LogP contribution >= 0.6 is 0 Å². The Morgan fingerprint density at radius 3 is 2.75 bits per heavy atom. The summed E-state index contributed by atoms with van der Waals surface area (Å²) >= 11 is 0. The molecule has 1 N–H and O–H groups in total. The third kappa shape index (κ3) is 3.53. The summed E-state index contributed by atoms with van der Waals surface area (Å²) in [5.41, 5.74) is 3.69. The predicted molar refractivity (Wildman–Crippen MR) is 106 cm³/mol. The van der Waals surface area contributed by atoms with Gasteiger partial charge in [0.2, 0.25) is 11.7 Å². The third-order valence-electron chi connectivity index (χ3n) is 4.74. The van der Waals surface area contributed by atoms with Crippen molar-refractivity contribution < 1.29 is 13.7 Å². The van der Waals surface area contributed by atoms with Crippen molar-refractivity contribution in [3.05, 3.63) is 71.3 Å². The Morgan fingerprint density at radius 1 is 1.14 bits per heavy atom. The summed E-state index contributed by atoms with van der Waals surface area (Å²) < 4.78 is 11.0. The van der Waals surface area contributed by atoms with E-state index in [4.69, 9.17) is 8.94 Å². The molecule has 0 atom stereocenters. The lowest BCUT2D eigenvalue weighted by molar-refractivity contribution is 0.0927. The lowest BCUT2D eigenvalue weighted by Gasteiger charge is -2.01. The molecule has 2 aromatic carbocycles. The Labute approximate surface area is 162 Å². The molecule has 0 fully saturated rings. The number of rotatable bonds is 6. The summed E-state index contributed by atoms with van der Waals surface area (Å²) in [4.78, 5) is 16.9. The molecule has 6 heteroatoms. The number of amides is 1. The molecule has 4 rings (SSSR count). The number of aryl methyl sites for hydroxylation is 2. The minimum absolute atomic E-state index is 0.241. The summed E-state index contributed by atoms with van der Waals surface area (Å²) in [6.45, 7) is 4.39. The van der Waals surface area contributed by atoms with E-state index in [1.807, 2.05) is 49.4 Å². The number of carbonyl (C=O) groups is 1. The van der Waals surface area contributed by atoms with Gasteiger partial charge in [0.05, 0.1) is 0 Å². The van der Waals surface area contributed by atoms with Crippen molar-refractivity contribution >= 4 is 16.9 Å². The first-order valence-electron chi connectivity index (χ1n) is 9.34. The second-order valence-electron chi connectivity index (χ2n) is 6.62. The minimum atomic E-state index is -0.241. The third-order valence-corrected chi connectivity index (χ3v) is 4.74. The van der Waals surface area contributed by atoms with Crippen LogP contribution in [0, 0.1) is 6.92 Å². The van der Waals surface area contributed by atoms with Crippen molar-refractivity contribution in [1.82, 2.24) is 15.5 Å². The topological polar surface area (TPSA) is 81.2 Å². The van der Waals surface area contributed by atoms with Gasteiger partial charge < -0.3 is 14.3 Å². The van der Waals surface area contributed by atoms with E-state index in [2.05, 4.69) is 28.4 Å². The fraction of sp³-hybridized carbons (Fsp3) is 0.227. The average molecular weight is 375 g/mol. The first-order chi connectivity index (χ1) is 13.7. The second kappa shape index (κ2) is 7.68. The van der Waals surface area contributed by atoms with Crippen LogP contribution in [-0.4, -0.2) is 22.6 Å². The van der Waals surface area contributed by atoms with Crippen LogP contribution in [0.4, 0.5) is 0 Å². The van der Waals surface area contributed by atoms with Crippen molar-refractivity contribution in [2.75, 3.05) is 6.54 Å². The van der Waals surface area contributed by atoms with Gasteiger partial charge in [-0.1, -0.05) is 48.5 Å². The maximum Gasteiger partial charge on any atom is 0.287 e. The SMILES string of the molecule is CCc1ccc2oc(C(=O)NCCc3nc(-c4ccccc4)no3)c(C)c2c1. The van der Waals surface area contributed by atoms with Crippen molar-refractivity contribution in [1.29, 1.82) is 0 Å². The standard InChI is InChI=1S/C22H21N3O3/c1-3-15-9-10-18-17(13-15)14(2)20(27-18)22(26)23-12-11-19-24-21(25-28-19)16-7-5-4-6-8-16/h4-10,13H,3,11-12H2,1-2H3,(H,23,26). The maximum absolute atomic E-state index is 12.5. The normalized spacial score (nSPS) is 11.1. The van der Waals surface area contributed by atoms with Crippen LogP contribution in [0.3, 0.4) is 0 Å². The van der Waals surface area contributed by atoms with Gasteiger partial charge in [-0.3, -0.25) is 4.79 Å². The van der Waals surface area contributed by atoms with E-state index in [0.717, 1.165) is 28.5 Å². The molecule has 2 aromatic heterocycles. The Morgan fingerprint density at radius 2 is 1.96 bits per heavy atom. The van der Waals surface area contributed by atoms with Crippen LogP contribution in [-0.2, 0) is 12.8 Å². The fourth-order valence-corrected chi connectivity index (χ4v) is 3.13. The van der Waals surface area contributed by atoms with Crippen molar-refractivity contribution in [2.24, 2.45) is 0 Å². The molecule has 0 unspecified atom stereocenters. The molecule has 0 saturated heterocycles. The quantitative estimate of drug-likeness (QED) is 0.543. The smallest absolute Gasteiger partial charge is 0.287 e. The number of nitrogens with one attached hydrogen (secondary N) is 1. The van der Waals surface area contributed by atoms with Crippen molar-refractivity contribution in [3.63, 3.8) is 0 Å². The summed E-state index contributed by atoms with van der Waals surface area (Å²) in [5.74, 6) is 1.13. The minimum Gasteiger partial charge on any atom is -0.451 e. The monoisotopic (exact) mass is 375 g/mol. The molecule has 0 bridgehead atoms. The number of furan rings is 1. The van der Waals surface area contributed by atoms with E-state index in [0.29, 0.717) is 30.4 Å². The number of fused-ring (bicyclic) bond motifs is 1. The largest absolute Gasteiger partial charge is 0.451 e. The van der Waals surface area contributed by atoms with Crippen LogP contribution in [0.5, 0.6) is 0 Å². The zero-order valence-electron chi connectivity index (χ0n) is 15.9. The zero-order valence-corrected chi connectivity index (χ0v) is 15.9. The van der Waals surface area contributed by atoms with Crippen LogP contribution in [0.15, 0.2) is 57.5 Å². The first kappa shape index (κ1) is 18.0. The fourth-order valence-electron chi connectivity index (χ4n) is 3.13. The van der Waals surface area contributed by atoms with Crippen LogP contribution in [0.2, 0.25) is 0 Å². The van der Waals surface area contributed by atoms with E-state index >= 15 is 0 Å². The number of nitrogens with zero attached hydrogens (tertiary/aromatic N) is 2. The van der Waals surface area contributed by atoms with Crippen LogP contribution in [0.1, 0.15) is 34.5 Å². The second-order valence-corrected chi connectivity index (χ2v) is 6.62. The maximum atomic E-state index is 12.5. The molecule has 0 aliphatic carbocycles. The lowest BCUT2D eigenvalue weighted by Crippen LogP contribution is -2.25. The number of hydrogen-bond acceptors (Lipinski definition) is 5. The first-order valence-corrected chi connectivity index (χ1v) is 9.34. The summed E-state index contributed by atoms with van der Waals surface area (Å²) in [7, 11) is 0. The van der Waals surface area contributed by atoms with Crippen LogP contribution < -0.4 is 5.32 Å². The zero-order chi connectivity index (χ0) is 19.5. The van der Waals surface area contributed by atoms with Crippen molar-refractivity contribution in [3.8, 4) is 11.4 Å². The molecular weight excluding hydrogens is 354 g/mol. The van der Waals surface area contributed by atoms with E-state index in [-0.39, 0.29) is 5.91 Å². The molecule has 0 aliphatic heterocycles. The molecule has 0 aliphatic rings. The average Bonchev–Trinajstić information content (AvgIpc) is 3.33. The van der Waals surface area contributed by atoms with Crippen LogP contribution in [0.25, 0.3) is 22.4 Å². The Kier molecular flexibility index (Phi) is 4.93. The molecule has 1 amide bonds. The Hall–Kier alpha value is -3.41. The molecule has 2 heterocycles. The number of carbonyl (C=O) groups excluding carboxylic acids is 1. The Balaban J connectivity index is 1.40. The van der Waals surface area contributed by atoms with E-state index < -0.39 is 0 Å². The van der Waals surface area contributed by atoms with Gasteiger partial charge in [0, 0.05) is 29.5 Å². The van der Waals surface area contributed by atoms with E-state index in [1.165, 1.54) is 5.56 Å². The molecule has 28 heavy (non-hydrogen) atoms.